The zero-order valence-electron chi connectivity index (χ0n) is 9.75. The van der Waals surface area contributed by atoms with Crippen molar-refractivity contribution < 1.29 is 18.0 Å². The number of nitrogen functional groups attached to an aromatic ring is 1. The van der Waals surface area contributed by atoms with Crippen molar-refractivity contribution in [3.8, 4) is 0 Å². The third kappa shape index (κ3) is 3.47. The molecule has 100 valence electrons. The summed E-state index contributed by atoms with van der Waals surface area (Å²) in [5.41, 5.74) is 4.06. The van der Waals surface area contributed by atoms with Crippen molar-refractivity contribution in [3.63, 3.8) is 0 Å². The molecule has 0 aliphatic heterocycles. The summed E-state index contributed by atoms with van der Waals surface area (Å²) in [5.74, 6) is -0.926. The summed E-state index contributed by atoms with van der Waals surface area (Å²) < 4.78 is 37.5. The zero-order chi connectivity index (χ0) is 13.9. The van der Waals surface area contributed by atoms with Gasteiger partial charge in [-0.3, -0.25) is 4.79 Å². The molecule has 3 N–H and O–H groups in total. The Morgan fingerprint density at radius 1 is 1.50 bits per heavy atom. The molecule has 0 aliphatic rings. The molecule has 0 fully saturated rings. The van der Waals surface area contributed by atoms with Crippen LogP contribution in [0.3, 0.4) is 0 Å². The minimum Gasteiger partial charge on any atom is -0.368 e. The molecule has 9 heteroatoms. The molecule has 1 aromatic heterocycles. The smallest absolute Gasteiger partial charge is 0.368 e. The molecule has 6 nitrogen and oxygen atoms in total. The van der Waals surface area contributed by atoms with Crippen molar-refractivity contribution in [2.75, 3.05) is 31.3 Å². The highest BCUT2D eigenvalue weighted by atomic mass is 19.4. The van der Waals surface area contributed by atoms with E-state index in [9.17, 15) is 18.0 Å². The Hall–Kier alpha value is -2.06. The van der Waals surface area contributed by atoms with Crippen molar-refractivity contribution in [2.24, 2.45) is 0 Å². The van der Waals surface area contributed by atoms with Crippen molar-refractivity contribution in [1.29, 1.82) is 0 Å². The van der Waals surface area contributed by atoms with Crippen LogP contribution in [0, 0.1) is 0 Å². The van der Waals surface area contributed by atoms with Crippen molar-refractivity contribution in [1.82, 2.24) is 15.3 Å². The number of nitrogens with two attached hydrogens (primary N) is 1. The SMILES string of the molecule is CNC(=O)CN(C)c1cc(C(F)(F)F)nc(N)n1. The lowest BCUT2D eigenvalue weighted by molar-refractivity contribution is -0.141. The fourth-order valence-corrected chi connectivity index (χ4v) is 1.17. The second kappa shape index (κ2) is 5.07. The molecule has 0 atom stereocenters. The minimum absolute atomic E-state index is 0.0709. The van der Waals surface area contributed by atoms with Crippen LogP contribution in [-0.4, -0.2) is 36.5 Å². The van der Waals surface area contributed by atoms with E-state index in [0.29, 0.717) is 0 Å². The van der Waals surface area contributed by atoms with Gasteiger partial charge >= 0.3 is 6.18 Å². The van der Waals surface area contributed by atoms with E-state index in [0.717, 1.165) is 6.07 Å². The van der Waals surface area contributed by atoms with Gasteiger partial charge in [0.05, 0.1) is 6.54 Å². The Morgan fingerprint density at radius 2 is 2.11 bits per heavy atom. The van der Waals surface area contributed by atoms with Crippen LogP contribution in [0.2, 0.25) is 0 Å². The zero-order valence-corrected chi connectivity index (χ0v) is 9.75. The first-order valence-electron chi connectivity index (χ1n) is 4.87. The van der Waals surface area contributed by atoms with Crippen molar-refractivity contribution >= 4 is 17.7 Å². The largest absolute Gasteiger partial charge is 0.433 e. The van der Waals surface area contributed by atoms with Gasteiger partial charge in [0.15, 0.2) is 5.69 Å². The predicted octanol–water partition coefficient (Wildman–Crippen LogP) is 0.260. The second-order valence-electron chi connectivity index (χ2n) is 3.50. The number of aromatic nitrogens is 2. The molecule has 0 aromatic carbocycles. The fraction of sp³-hybridized carbons (Fsp3) is 0.444. The van der Waals surface area contributed by atoms with Gasteiger partial charge in [0.25, 0.3) is 0 Å². The maximum atomic E-state index is 12.5. The molecule has 0 aliphatic carbocycles. The lowest BCUT2D eigenvalue weighted by Crippen LogP contribution is -2.33. The Labute approximate surface area is 101 Å². The van der Waals surface area contributed by atoms with E-state index in [-0.39, 0.29) is 18.3 Å². The maximum Gasteiger partial charge on any atom is 0.433 e. The van der Waals surface area contributed by atoms with Crippen LogP contribution >= 0.6 is 0 Å². The summed E-state index contributed by atoms with van der Waals surface area (Å²) in [4.78, 5) is 19.1. The lowest BCUT2D eigenvalue weighted by Gasteiger charge is -2.18. The first-order valence-corrected chi connectivity index (χ1v) is 4.87. The van der Waals surface area contributed by atoms with E-state index < -0.39 is 17.8 Å². The normalized spacial score (nSPS) is 11.2. The number of nitrogens with zero attached hydrogens (tertiary/aromatic N) is 3. The van der Waals surface area contributed by atoms with Gasteiger partial charge in [-0.1, -0.05) is 0 Å². The quantitative estimate of drug-likeness (QED) is 0.817. The average Bonchev–Trinajstić information content (AvgIpc) is 2.26. The standard InChI is InChI=1S/C9H12F3N5O/c1-14-7(18)4-17(2)6-3-5(9(10,11)12)15-8(13)16-6/h3H,4H2,1-2H3,(H,14,18)(H2,13,15,16). The fourth-order valence-electron chi connectivity index (χ4n) is 1.17. The lowest BCUT2D eigenvalue weighted by atomic mass is 10.3. The third-order valence-corrected chi connectivity index (χ3v) is 2.07. The number of nitrogens with one attached hydrogen (secondary N) is 1. The number of hydrogen-bond acceptors (Lipinski definition) is 5. The summed E-state index contributed by atoms with van der Waals surface area (Å²) in [6.07, 6.45) is -4.61. The molecule has 18 heavy (non-hydrogen) atoms. The first-order chi connectivity index (χ1) is 8.24. The molecule has 0 spiro atoms. The topological polar surface area (TPSA) is 84.1 Å². The Morgan fingerprint density at radius 3 is 2.61 bits per heavy atom. The second-order valence-corrected chi connectivity index (χ2v) is 3.50. The van der Waals surface area contributed by atoms with Gasteiger partial charge in [-0.2, -0.15) is 18.2 Å². The van der Waals surface area contributed by atoms with Crippen LogP contribution in [0.25, 0.3) is 0 Å². The van der Waals surface area contributed by atoms with Crippen LogP contribution in [0.1, 0.15) is 5.69 Å². The number of carbonyl (C=O) groups is 1. The highest BCUT2D eigenvalue weighted by molar-refractivity contribution is 5.80. The number of alkyl halides is 3. The summed E-state index contributed by atoms with van der Waals surface area (Å²) in [7, 11) is 2.85. The molecule has 0 bridgehead atoms. The van der Waals surface area contributed by atoms with Gasteiger partial charge in [-0.25, -0.2) is 4.98 Å². The van der Waals surface area contributed by atoms with E-state index in [1.54, 1.807) is 0 Å². The van der Waals surface area contributed by atoms with Crippen LogP contribution in [0.4, 0.5) is 24.9 Å². The number of likely N-dealkylation sites (N-methyl/N-ethyl adjacent to an activating group) is 2. The van der Waals surface area contributed by atoms with Gasteiger partial charge in [0, 0.05) is 20.2 Å². The molecule has 0 radical (unpaired) electrons. The molecule has 1 aromatic rings. The Kier molecular flexibility index (Phi) is 3.94. The Bertz CT molecular complexity index is 448. The number of hydrogen-bond donors (Lipinski definition) is 2. The van der Waals surface area contributed by atoms with Crippen molar-refractivity contribution in [3.05, 3.63) is 11.8 Å². The monoisotopic (exact) mass is 263 g/mol. The first kappa shape index (κ1) is 14.0. The van der Waals surface area contributed by atoms with Crippen LogP contribution in [0.5, 0.6) is 0 Å². The molecule has 0 saturated carbocycles. The maximum absolute atomic E-state index is 12.5. The Balaban J connectivity index is 3.03. The highest BCUT2D eigenvalue weighted by Gasteiger charge is 2.33. The molecule has 1 amide bonds. The van der Waals surface area contributed by atoms with Gasteiger partial charge < -0.3 is 16.0 Å². The van der Waals surface area contributed by atoms with Gasteiger partial charge in [0.1, 0.15) is 5.82 Å². The van der Waals surface area contributed by atoms with Crippen LogP contribution < -0.4 is 16.0 Å². The number of carbonyl (C=O) groups excluding carboxylic acids is 1. The van der Waals surface area contributed by atoms with E-state index in [4.69, 9.17) is 5.73 Å². The van der Waals surface area contributed by atoms with Crippen LogP contribution in [0.15, 0.2) is 6.07 Å². The molecule has 1 heterocycles. The predicted molar refractivity (Wildman–Crippen MR) is 58.8 cm³/mol. The van der Waals surface area contributed by atoms with Gasteiger partial charge in [-0.05, 0) is 0 Å². The number of amides is 1. The molecule has 0 unspecified atom stereocenters. The molecular formula is C9H12F3N5O. The molecule has 0 saturated heterocycles. The van der Waals surface area contributed by atoms with E-state index in [1.807, 2.05) is 0 Å². The number of halogens is 3. The highest BCUT2D eigenvalue weighted by Crippen LogP contribution is 2.29. The van der Waals surface area contributed by atoms with Gasteiger partial charge in [0.2, 0.25) is 11.9 Å². The third-order valence-electron chi connectivity index (χ3n) is 2.07. The van der Waals surface area contributed by atoms with E-state index in [1.165, 1.54) is 19.0 Å². The average molecular weight is 263 g/mol. The van der Waals surface area contributed by atoms with Crippen molar-refractivity contribution in [2.45, 2.75) is 6.18 Å². The van der Waals surface area contributed by atoms with E-state index >= 15 is 0 Å². The number of rotatable bonds is 3. The van der Waals surface area contributed by atoms with E-state index in [2.05, 4.69) is 15.3 Å². The van der Waals surface area contributed by atoms with Crippen LogP contribution in [-0.2, 0) is 11.0 Å². The van der Waals surface area contributed by atoms with Gasteiger partial charge in [-0.15, -0.1) is 0 Å². The summed E-state index contributed by atoms with van der Waals surface area (Å²) in [6, 6.07) is 0.735. The summed E-state index contributed by atoms with van der Waals surface area (Å²) >= 11 is 0. The summed E-state index contributed by atoms with van der Waals surface area (Å²) in [6.45, 7) is -0.135. The number of anilines is 2. The molecular weight excluding hydrogens is 251 g/mol. The summed E-state index contributed by atoms with van der Waals surface area (Å²) in [5, 5.41) is 2.35. The molecule has 1 rings (SSSR count). The minimum atomic E-state index is -4.61.